The summed E-state index contributed by atoms with van der Waals surface area (Å²) < 4.78 is 26.3. The fourth-order valence-corrected chi connectivity index (χ4v) is 2.42. The van der Waals surface area contributed by atoms with E-state index in [1.54, 1.807) is 0 Å². The minimum atomic E-state index is -1.04. The molecule has 1 fully saturated rings. The van der Waals surface area contributed by atoms with Gasteiger partial charge < -0.3 is 10.0 Å². The van der Waals surface area contributed by atoms with E-state index in [1.165, 1.54) is 11.0 Å². The summed E-state index contributed by atoms with van der Waals surface area (Å²) in [5.74, 6) is -2.98. The Morgan fingerprint density at radius 2 is 2.05 bits per heavy atom. The summed E-state index contributed by atoms with van der Waals surface area (Å²) in [4.78, 5) is 24.5. The highest BCUT2D eigenvalue weighted by atomic mass is 19.1. The first-order chi connectivity index (χ1) is 9.49. The molecule has 1 aliphatic heterocycles. The van der Waals surface area contributed by atoms with Gasteiger partial charge in [-0.3, -0.25) is 4.79 Å². The van der Waals surface area contributed by atoms with Gasteiger partial charge in [-0.1, -0.05) is 6.07 Å². The van der Waals surface area contributed by atoms with E-state index in [4.69, 9.17) is 5.11 Å². The maximum absolute atomic E-state index is 13.5. The molecule has 4 nitrogen and oxygen atoms in total. The predicted molar refractivity (Wildman–Crippen MR) is 67.0 cm³/mol. The lowest BCUT2D eigenvalue weighted by Crippen LogP contribution is -2.48. The van der Waals surface area contributed by atoms with Crippen LogP contribution in [0.5, 0.6) is 0 Å². The molecule has 0 saturated carbocycles. The topological polar surface area (TPSA) is 57.6 Å². The molecule has 1 heterocycles. The van der Waals surface area contributed by atoms with Crippen LogP contribution in [-0.4, -0.2) is 34.5 Å². The number of benzene rings is 1. The van der Waals surface area contributed by atoms with Gasteiger partial charge in [-0.25, -0.2) is 13.6 Å². The van der Waals surface area contributed by atoms with Crippen LogP contribution in [0, 0.1) is 11.6 Å². The molecular formula is C14H15F2NO3. The zero-order valence-corrected chi connectivity index (χ0v) is 10.8. The standard InChI is InChI=1S/C14H15F2NO3/c15-10-5-4-9(11(16)8-10)7-13(18)17-6-2-1-3-12(17)14(19)20/h4-5,8,12H,1-3,6-7H2,(H,19,20). The summed E-state index contributed by atoms with van der Waals surface area (Å²) >= 11 is 0. The minimum Gasteiger partial charge on any atom is -0.480 e. The van der Waals surface area contributed by atoms with Crippen molar-refractivity contribution in [3.8, 4) is 0 Å². The van der Waals surface area contributed by atoms with Crippen LogP contribution < -0.4 is 0 Å². The maximum atomic E-state index is 13.5. The maximum Gasteiger partial charge on any atom is 0.326 e. The summed E-state index contributed by atoms with van der Waals surface area (Å²) in [6.45, 7) is 0.360. The first kappa shape index (κ1) is 14.4. The Bertz CT molecular complexity index is 533. The summed E-state index contributed by atoms with van der Waals surface area (Å²) in [6, 6.07) is 2.16. The third-order valence-corrected chi connectivity index (χ3v) is 3.46. The van der Waals surface area contributed by atoms with Gasteiger partial charge in [0.2, 0.25) is 5.91 Å². The highest BCUT2D eigenvalue weighted by Gasteiger charge is 2.31. The van der Waals surface area contributed by atoms with Gasteiger partial charge in [-0.15, -0.1) is 0 Å². The number of piperidine rings is 1. The van der Waals surface area contributed by atoms with E-state index < -0.39 is 29.6 Å². The van der Waals surface area contributed by atoms with Crippen molar-refractivity contribution in [2.45, 2.75) is 31.7 Å². The summed E-state index contributed by atoms with van der Waals surface area (Å²) in [5.41, 5.74) is 0.0751. The van der Waals surface area contributed by atoms with Gasteiger partial charge in [0, 0.05) is 12.6 Å². The number of carboxylic acids is 1. The first-order valence-electron chi connectivity index (χ1n) is 6.45. The highest BCUT2D eigenvalue weighted by molar-refractivity contribution is 5.85. The third-order valence-electron chi connectivity index (χ3n) is 3.46. The predicted octanol–water partition coefficient (Wildman–Crippen LogP) is 1.97. The average Bonchev–Trinajstić information content (AvgIpc) is 2.41. The first-order valence-corrected chi connectivity index (χ1v) is 6.45. The number of nitrogens with zero attached hydrogens (tertiary/aromatic N) is 1. The lowest BCUT2D eigenvalue weighted by molar-refractivity contribution is -0.151. The lowest BCUT2D eigenvalue weighted by atomic mass is 10.0. The van der Waals surface area contributed by atoms with Crippen molar-refractivity contribution in [1.29, 1.82) is 0 Å². The quantitative estimate of drug-likeness (QED) is 0.922. The Kier molecular flexibility index (Phi) is 4.32. The van der Waals surface area contributed by atoms with Crippen LogP contribution in [-0.2, 0) is 16.0 Å². The van der Waals surface area contributed by atoms with E-state index >= 15 is 0 Å². The fraction of sp³-hybridized carbons (Fsp3) is 0.429. The molecule has 1 unspecified atom stereocenters. The number of rotatable bonds is 3. The van der Waals surface area contributed by atoms with Gasteiger partial charge in [0.1, 0.15) is 17.7 Å². The number of likely N-dealkylation sites (tertiary alicyclic amines) is 1. The van der Waals surface area contributed by atoms with Gasteiger partial charge in [0.25, 0.3) is 0 Å². The number of carbonyl (C=O) groups is 2. The highest BCUT2D eigenvalue weighted by Crippen LogP contribution is 2.19. The largest absolute Gasteiger partial charge is 0.480 e. The van der Waals surface area contributed by atoms with E-state index in [-0.39, 0.29) is 12.0 Å². The van der Waals surface area contributed by atoms with Crippen LogP contribution >= 0.6 is 0 Å². The third kappa shape index (κ3) is 3.12. The van der Waals surface area contributed by atoms with Gasteiger partial charge in [0.15, 0.2) is 0 Å². The fourth-order valence-electron chi connectivity index (χ4n) is 2.42. The van der Waals surface area contributed by atoms with Gasteiger partial charge in [-0.2, -0.15) is 0 Å². The number of carboxylic acid groups (broad SMARTS) is 1. The molecule has 1 amide bonds. The number of hydrogen-bond donors (Lipinski definition) is 1. The molecule has 0 spiro atoms. The van der Waals surface area contributed by atoms with Crippen molar-refractivity contribution >= 4 is 11.9 Å². The van der Waals surface area contributed by atoms with Gasteiger partial charge >= 0.3 is 5.97 Å². The zero-order valence-electron chi connectivity index (χ0n) is 10.8. The normalized spacial score (nSPS) is 18.9. The van der Waals surface area contributed by atoms with E-state index in [9.17, 15) is 18.4 Å². The zero-order chi connectivity index (χ0) is 14.7. The minimum absolute atomic E-state index is 0.0751. The second-order valence-electron chi connectivity index (χ2n) is 4.85. The van der Waals surface area contributed by atoms with Crippen LogP contribution in [0.25, 0.3) is 0 Å². The van der Waals surface area contributed by atoms with Crippen molar-refractivity contribution in [3.63, 3.8) is 0 Å². The second kappa shape index (κ2) is 5.98. The Morgan fingerprint density at radius 3 is 2.70 bits per heavy atom. The Balaban J connectivity index is 2.12. The monoisotopic (exact) mass is 283 g/mol. The van der Waals surface area contributed by atoms with Gasteiger partial charge in [0.05, 0.1) is 6.42 Å². The number of halogens is 2. The van der Waals surface area contributed by atoms with E-state index in [1.807, 2.05) is 0 Å². The Morgan fingerprint density at radius 1 is 1.30 bits per heavy atom. The summed E-state index contributed by atoms with van der Waals surface area (Å²) in [7, 11) is 0. The number of hydrogen-bond acceptors (Lipinski definition) is 2. The van der Waals surface area contributed by atoms with Crippen LogP contribution in [0.2, 0.25) is 0 Å². The Hall–Kier alpha value is -1.98. The molecule has 1 atom stereocenters. The van der Waals surface area contributed by atoms with Gasteiger partial charge in [-0.05, 0) is 30.9 Å². The van der Waals surface area contributed by atoms with Crippen molar-refractivity contribution < 1.29 is 23.5 Å². The van der Waals surface area contributed by atoms with Crippen LogP contribution in [0.15, 0.2) is 18.2 Å². The van der Waals surface area contributed by atoms with E-state index in [2.05, 4.69) is 0 Å². The molecule has 6 heteroatoms. The van der Waals surface area contributed by atoms with Crippen LogP contribution in [0.3, 0.4) is 0 Å². The Labute approximate surface area is 115 Å². The average molecular weight is 283 g/mol. The van der Waals surface area contributed by atoms with Crippen LogP contribution in [0.4, 0.5) is 8.78 Å². The molecule has 0 aromatic heterocycles. The van der Waals surface area contributed by atoms with Crippen molar-refractivity contribution in [3.05, 3.63) is 35.4 Å². The van der Waals surface area contributed by atoms with Crippen LogP contribution in [0.1, 0.15) is 24.8 Å². The molecular weight excluding hydrogens is 268 g/mol. The smallest absolute Gasteiger partial charge is 0.326 e. The summed E-state index contributed by atoms with van der Waals surface area (Å²) in [5, 5.41) is 9.10. The molecule has 1 aliphatic rings. The number of carbonyl (C=O) groups excluding carboxylic acids is 1. The molecule has 0 radical (unpaired) electrons. The molecule has 1 aromatic carbocycles. The SMILES string of the molecule is O=C(O)C1CCCCN1C(=O)Cc1ccc(F)cc1F. The molecule has 2 rings (SSSR count). The van der Waals surface area contributed by atoms with Crippen molar-refractivity contribution in [2.24, 2.45) is 0 Å². The molecule has 1 N–H and O–H groups in total. The van der Waals surface area contributed by atoms with Crippen molar-refractivity contribution in [2.75, 3.05) is 6.54 Å². The lowest BCUT2D eigenvalue weighted by Gasteiger charge is -2.33. The van der Waals surface area contributed by atoms with E-state index in [0.717, 1.165) is 18.9 Å². The molecule has 1 aromatic rings. The van der Waals surface area contributed by atoms with E-state index in [0.29, 0.717) is 19.0 Å². The summed E-state index contributed by atoms with van der Waals surface area (Å²) in [6.07, 6.45) is 1.65. The molecule has 1 saturated heterocycles. The molecule has 0 bridgehead atoms. The molecule has 108 valence electrons. The second-order valence-corrected chi connectivity index (χ2v) is 4.85. The van der Waals surface area contributed by atoms with Crippen molar-refractivity contribution in [1.82, 2.24) is 4.90 Å². The number of aliphatic carboxylic acids is 1. The molecule has 20 heavy (non-hydrogen) atoms. The number of amides is 1. The molecule has 0 aliphatic carbocycles.